The first kappa shape index (κ1) is 46.1. The van der Waals surface area contributed by atoms with Crippen LogP contribution in [0.2, 0.25) is 0 Å². The topological polar surface area (TPSA) is 167 Å². The van der Waals surface area contributed by atoms with Crippen LogP contribution < -0.4 is 20.4 Å². The van der Waals surface area contributed by atoms with E-state index in [9.17, 15) is 18.4 Å². The summed E-state index contributed by atoms with van der Waals surface area (Å²) in [5.41, 5.74) is 3.25. The fraction of sp³-hybridized carbons (Fsp3) is 0.440. The van der Waals surface area contributed by atoms with Crippen LogP contribution in [-0.4, -0.2) is 113 Å². The van der Waals surface area contributed by atoms with E-state index in [2.05, 4.69) is 40.4 Å². The number of anilines is 6. The number of piperazine rings is 2. The Balaban J connectivity index is 0.000000170. The number of carbonyl (C=O) groups excluding carboxylic acids is 2. The minimum absolute atomic E-state index is 0.0726. The molecule has 2 N–H and O–H groups in total. The summed E-state index contributed by atoms with van der Waals surface area (Å²) in [6.45, 7) is 17.3. The lowest BCUT2D eigenvalue weighted by Crippen LogP contribution is -2.64. The van der Waals surface area contributed by atoms with Crippen LogP contribution in [-0.2, 0) is 9.47 Å². The van der Waals surface area contributed by atoms with Crippen LogP contribution in [0.4, 0.5) is 53.0 Å². The molecule has 12 rings (SSSR count). The molecule has 16 nitrogen and oxygen atoms in total. The fourth-order valence-electron chi connectivity index (χ4n) is 9.41. The van der Waals surface area contributed by atoms with E-state index < -0.39 is 11.2 Å². The number of hydrogen-bond donors (Lipinski definition) is 2. The molecule has 10 heterocycles. The van der Waals surface area contributed by atoms with E-state index >= 15 is 0 Å². The molecule has 6 fully saturated rings. The molecule has 6 aliphatic heterocycles. The van der Waals surface area contributed by atoms with Gasteiger partial charge in [0.15, 0.2) is 11.6 Å². The van der Waals surface area contributed by atoms with E-state index in [0.29, 0.717) is 82.4 Å². The van der Waals surface area contributed by atoms with Crippen molar-refractivity contribution in [3.8, 4) is 0 Å². The quantitative estimate of drug-likeness (QED) is 0.162. The number of hydrogen-bond acceptors (Lipinski definition) is 14. The number of fused-ring (bicyclic) bond motifs is 8. The first-order chi connectivity index (χ1) is 32.4. The molecule has 0 spiro atoms. The largest absolute Gasteiger partial charge is 0.444 e. The Morgan fingerprint density at radius 3 is 1.32 bits per heavy atom. The van der Waals surface area contributed by atoms with E-state index in [1.54, 1.807) is 50.2 Å². The van der Waals surface area contributed by atoms with Gasteiger partial charge in [0, 0.05) is 38.3 Å². The number of piperidine rings is 4. The van der Waals surface area contributed by atoms with Gasteiger partial charge >= 0.3 is 12.2 Å². The molecule has 6 saturated heterocycles. The number of pyridine rings is 2. The van der Waals surface area contributed by atoms with Crippen molar-refractivity contribution < 1.29 is 27.8 Å². The molecule has 0 saturated carbocycles. The van der Waals surface area contributed by atoms with Gasteiger partial charge in [-0.2, -0.15) is 0 Å². The molecule has 6 aromatic rings. The van der Waals surface area contributed by atoms with Gasteiger partial charge in [0.25, 0.3) is 0 Å². The molecule has 68 heavy (non-hydrogen) atoms. The van der Waals surface area contributed by atoms with Gasteiger partial charge in [-0.05, 0) is 129 Å². The van der Waals surface area contributed by atoms with Gasteiger partial charge in [0.2, 0.25) is 0 Å². The van der Waals surface area contributed by atoms with Crippen molar-refractivity contribution >= 4 is 68.9 Å². The Labute approximate surface area is 394 Å². The normalized spacial score (nSPS) is 20.0. The van der Waals surface area contributed by atoms with Crippen molar-refractivity contribution in [2.75, 3.05) is 46.6 Å². The first-order valence-corrected chi connectivity index (χ1v) is 23.2. The van der Waals surface area contributed by atoms with Crippen LogP contribution in [0.3, 0.4) is 0 Å². The molecule has 356 valence electrons. The molecule has 4 atom stereocenters. The molecule has 4 aromatic heterocycles. The molecular weight excluding hydrogens is 871 g/mol. The number of rotatable bonds is 6. The van der Waals surface area contributed by atoms with Crippen LogP contribution in [0.15, 0.2) is 73.3 Å². The van der Waals surface area contributed by atoms with Crippen LogP contribution in [0.25, 0.3) is 22.1 Å². The highest BCUT2D eigenvalue weighted by Gasteiger charge is 2.44. The highest BCUT2D eigenvalue weighted by Crippen LogP contribution is 2.37. The maximum atomic E-state index is 14.6. The second-order valence-corrected chi connectivity index (χ2v) is 20.0. The van der Waals surface area contributed by atoms with E-state index in [4.69, 9.17) is 19.4 Å². The van der Waals surface area contributed by atoms with Crippen molar-refractivity contribution in [3.63, 3.8) is 0 Å². The van der Waals surface area contributed by atoms with Gasteiger partial charge in [0.1, 0.15) is 58.2 Å². The van der Waals surface area contributed by atoms with Crippen molar-refractivity contribution in [3.05, 3.63) is 96.1 Å². The van der Waals surface area contributed by atoms with Gasteiger partial charge in [-0.25, -0.2) is 48.3 Å². The molecule has 0 radical (unpaired) electrons. The second kappa shape index (κ2) is 18.3. The maximum Gasteiger partial charge on any atom is 0.410 e. The SMILES string of the molecule is Cc1cccc(Nc2ncnc3ccc(N4CC5CCC4CN5C(=O)OC(C)(C)C)nc23)c1F.Cc1cccc(Nc2ncnc3ccc(N4C[C@H]5CCC4CN5C(=O)OC(C)(C)C)nc23)c1F. The van der Waals surface area contributed by atoms with E-state index in [-0.39, 0.29) is 48.0 Å². The molecule has 0 aliphatic carbocycles. The summed E-state index contributed by atoms with van der Waals surface area (Å²) < 4.78 is 40.4. The van der Waals surface area contributed by atoms with Crippen molar-refractivity contribution in [1.82, 2.24) is 39.7 Å². The molecular formula is C50H58F2N12O4. The number of aromatic nitrogens is 6. The predicted molar refractivity (Wildman–Crippen MR) is 258 cm³/mol. The predicted octanol–water partition coefficient (Wildman–Crippen LogP) is 9.61. The third kappa shape index (κ3) is 9.71. The van der Waals surface area contributed by atoms with Crippen LogP contribution in [0.1, 0.15) is 78.4 Å². The summed E-state index contributed by atoms with van der Waals surface area (Å²) in [6.07, 6.45) is 6.22. The minimum atomic E-state index is -0.520. The Kier molecular flexibility index (Phi) is 12.4. The molecule has 3 unspecified atom stereocenters. The molecule has 2 aromatic carbocycles. The Morgan fingerprint density at radius 1 is 0.559 bits per heavy atom. The highest BCUT2D eigenvalue weighted by molar-refractivity contribution is 5.89. The molecule has 6 aliphatic rings. The lowest BCUT2D eigenvalue weighted by molar-refractivity contribution is -0.000118. The Hall–Kier alpha value is -6.98. The number of nitrogens with one attached hydrogen (secondary N) is 2. The third-order valence-corrected chi connectivity index (χ3v) is 12.7. The fourth-order valence-corrected chi connectivity index (χ4v) is 9.41. The van der Waals surface area contributed by atoms with Crippen LogP contribution in [0.5, 0.6) is 0 Å². The Morgan fingerprint density at radius 2 is 0.956 bits per heavy atom. The molecule has 2 amide bonds. The lowest BCUT2D eigenvalue weighted by atomic mass is 9.91. The summed E-state index contributed by atoms with van der Waals surface area (Å²) in [6, 6.07) is 18.5. The Bertz CT molecular complexity index is 2680. The average molecular weight is 929 g/mol. The zero-order valence-corrected chi connectivity index (χ0v) is 39.8. The monoisotopic (exact) mass is 928 g/mol. The van der Waals surface area contributed by atoms with Crippen molar-refractivity contribution in [1.29, 1.82) is 0 Å². The third-order valence-electron chi connectivity index (χ3n) is 12.7. The number of aryl methyl sites for hydroxylation is 2. The lowest BCUT2D eigenvalue weighted by Gasteiger charge is -2.51. The van der Waals surface area contributed by atoms with Crippen LogP contribution >= 0.6 is 0 Å². The summed E-state index contributed by atoms with van der Waals surface area (Å²) in [5.74, 6) is 1.87. The second-order valence-electron chi connectivity index (χ2n) is 20.0. The maximum absolute atomic E-state index is 14.6. The van der Waals surface area contributed by atoms with Gasteiger partial charge in [-0.15, -0.1) is 0 Å². The van der Waals surface area contributed by atoms with Crippen molar-refractivity contribution in [2.24, 2.45) is 0 Å². The number of benzene rings is 2. The van der Waals surface area contributed by atoms with Crippen LogP contribution in [0, 0.1) is 25.5 Å². The smallest absolute Gasteiger partial charge is 0.410 e. The van der Waals surface area contributed by atoms with E-state index in [1.807, 2.05) is 75.6 Å². The molecule has 4 bridgehead atoms. The average Bonchev–Trinajstić information content (AvgIpc) is 3.31. The first-order valence-electron chi connectivity index (χ1n) is 23.2. The number of nitrogens with zero attached hydrogens (tertiary/aromatic N) is 10. The zero-order chi connectivity index (χ0) is 48.1. The minimum Gasteiger partial charge on any atom is -0.444 e. The van der Waals surface area contributed by atoms with Crippen molar-refractivity contribution in [2.45, 2.75) is 116 Å². The summed E-state index contributed by atoms with van der Waals surface area (Å²) in [7, 11) is 0. The van der Waals surface area contributed by atoms with Gasteiger partial charge in [-0.1, -0.05) is 24.3 Å². The number of halogens is 2. The number of ether oxygens (including phenoxy) is 2. The summed E-state index contributed by atoms with van der Waals surface area (Å²) in [4.78, 5) is 60.7. The standard InChI is InChI=1S/2C25H29FN6O2/c2*1-15-6-5-7-18(21(15)26)29-23-22-19(27-14-28-23)10-11-20(30-22)31-12-17-9-8-16(31)13-32(17)24(33)34-25(2,3)4/h2*5-7,10-11,14,16-17H,8-9,12-13H2,1-4H3,(H,27,28,29)/t16?,17-;/m1./s1. The van der Waals surface area contributed by atoms with Gasteiger partial charge in [0.05, 0.1) is 34.5 Å². The van der Waals surface area contributed by atoms with E-state index in [1.165, 1.54) is 12.7 Å². The number of carbonyl (C=O) groups is 2. The van der Waals surface area contributed by atoms with Gasteiger partial charge in [-0.3, -0.25) is 0 Å². The van der Waals surface area contributed by atoms with Gasteiger partial charge < -0.3 is 39.7 Å². The summed E-state index contributed by atoms with van der Waals surface area (Å²) >= 11 is 0. The van der Waals surface area contributed by atoms with E-state index in [0.717, 1.165) is 37.3 Å². The molecule has 18 heteroatoms. The summed E-state index contributed by atoms with van der Waals surface area (Å²) in [5, 5.41) is 6.17. The highest BCUT2D eigenvalue weighted by atomic mass is 19.1. The number of amides is 2. The zero-order valence-electron chi connectivity index (χ0n) is 39.8.